The quantitative estimate of drug-likeness (QED) is 0.719. The van der Waals surface area contributed by atoms with Crippen molar-refractivity contribution in [2.45, 2.75) is 40.7 Å². The number of hydrogen-bond donors (Lipinski definition) is 1. The third-order valence-corrected chi connectivity index (χ3v) is 4.09. The number of aromatic nitrogens is 3. The topological polar surface area (TPSA) is 93.3 Å². The highest BCUT2D eigenvalue weighted by Gasteiger charge is 2.16. The lowest BCUT2D eigenvalue weighted by Gasteiger charge is -2.17. The number of fused-ring (bicyclic) bond motifs is 1. The molecule has 2 aromatic heterocycles. The smallest absolute Gasteiger partial charge is 0.297 e. The molecule has 0 aliphatic carbocycles. The van der Waals surface area contributed by atoms with E-state index >= 15 is 0 Å². The van der Waals surface area contributed by atoms with E-state index < -0.39 is 5.56 Å². The Kier molecular flexibility index (Phi) is 6.08. The number of carbonyl (C=O) groups is 1. The Balaban J connectivity index is 1.96. The second-order valence-corrected chi connectivity index (χ2v) is 5.74. The van der Waals surface area contributed by atoms with Crippen molar-refractivity contribution in [2.24, 2.45) is 0 Å². The number of amides is 1. The minimum atomic E-state index is -0.411. The highest BCUT2D eigenvalue weighted by molar-refractivity contribution is 5.82. The Morgan fingerprint density at radius 3 is 2.67 bits per heavy atom. The number of hydrogen-bond acceptors (Lipinski definition) is 6. The molecule has 132 valence electrons. The maximum absolute atomic E-state index is 12.3. The Morgan fingerprint density at radius 2 is 2.00 bits per heavy atom. The summed E-state index contributed by atoms with van der Waals surface area (Å²) >= 11 is 0. The maximum Gasteiger partial charge on any atom is 0.297 e. The van der Waals surface area contributed by atoms with Crippen LogP contribution in [0, 0.1) is 13.8 Å². The summed E-state index contributed by atoms with van der Waals surface area (Å²) in [5.74, 6) is 0.322. The van der Waals surface area contributed by atoms with Gasteiger partial charge in [-0.2, -0.15) is 5.10 Å². The molecule has 2 rings (SSSR count). The zero-order valence-corrected chi connectivity index (χ0v) is 14.8. The predicted molar refractivity (Wildman–Crippen MR) is 91.0 cm³/mol. The summed E-state index contributed by atoms with van der Waals surface area (Å²) in [5.41, 5.74) is 0.428. The van der Waals surface area contributed by atoms with E-state index in [-0.39, 0.29) is 18.0 Å². The average Bonchev–Trinajstić information content (AvgIpc) is 2.95. The fourth-order valence-corrected chi connectivity index (χ4v) is 2.71. The normalized spacial score (nSPS) is 11.4. The van der Waals surface area contributed by atoms with E-state index in [1.54, 1.807) is 13.8 Å². The van der Waals surface area contributed by atoms with Gasteiger partial charge in [0, 0.05) is 6.54 Å². The van der Waals surface area contributed by atoms with E-state index in [1.807, 2.05) is 0 Å². The van der Waals surface area contributed by atoms with Crippen molar-refractivity contribution in [3.05, 3.63) is 21.8 Å². The van der Waals surface area contributed by atoms with Crippen molar-refractivity contribution in [2.75, 3.05) is 26.2 Å². The Bertz CT molecular complexity index is 761. The lowest BCUT2D eigenvalue weighted by Crippen LogP contribution is -2.35. The van der Waals surface area contributed by atoms with Crippen LogP contribution in [-0.2, 0) is 11.3 Å². The number of carbonyl (C=O) groups excluding carboxylic acids is 1. The molecule has 0 atom stereocenters. The first-order chi connectivity index (χ1) is 11.5. The molecular weight excluding hydrogens is 310 g/mol. The molecule has 1 amide bonds. The summed E-state index contributed by atoms with van der Waals surface area (Å²) < 4.78 is 6.19. The van der Waals surface area contributed by atoms with Gasteiger partial charge in [-0.15, -0.1) is 0 Å². The molecule has 2 aromatic rings. The van der Waals surface area contributed by atoms with Gasteiger partial charge in [0.05, 0.1) is 11.1 Å². The minimum absolute atomic E-state index is 0.118. The summed E-state index contributed by atoms with van der Waals surface area (Å²) in [5, 5.41) is 11.4. The van der Waals surface area contributed by atoms with Gasteiger partial charge in [-0.3, -0.25) is 9.59 Å². The molecule has 8 nitrogen and oxygen atoms in total. The van der Waals surface area contributed by atoms with Gasteiger partial charge in [-0.05, 0) is 39.9 Å². The summed E-state index contributed by atoms with van der Waals surface area (Å²) in [4.78, 5) is 26.6. The molecule has 0 saturated heterocycles. The fraction of sp³-hybridized carbons (Fsp3) is 0.625. The predicted octanol–water partition coefficient (Wildman–Crippen LogP) is 0.849. The molecule has 1 N–H and O–H groups in total. The third-order valence-electron chi connectivity index (χ3n) is 4.09. The van der Waals surface area contributed by atoms with Gasteiger partial charge >= 0.3 is 0 Å². The van der Waals surface area contributed by atoms with E-state index in [2.05, 4.69) is 34.3 Å². The van der Waals surface area contributed by atoms with E-state index in [0.29, 0.717) is 23.4 Å². The molecule has 0 unspecified atom stereocenters. The number of nitrogens with zero attached hydrogens (tertiary/aromatic N) is 4. The fourth-order valence-electron chi connectivity index (χ4n) is 2.71. The zero-order chi connectivity index (χ0) is 17.7. The van der Waals surface area contributed by atoms with Gasteiger partial charge in [0.2, 0.25) is 5.91 Å². The highest BCUT2D eigenvalue weighted by atomic mass is 16.5. The molecule has 0 aromatic carbocycles. The first-order valence-corrected chi connectivity index (χ1v) is 8.30. The molecule has 0 saturated carbocycles. The van der Waals surface area contributed by atoms with Gasteiger partial charge in [-0.1, -0.05) is 19.0 Å². The molecule has 8 heteroatoms. The van der Waals surface area contributed by atoms with E-state index in [4.69, 9.17) is 4.52 Å². The molecule has 0 bridgehead atoms. The molecule has 2 heterocycles. The Labute approximate surface area is 140 Å². The Morgan fingerprint density at radius 1 is 1.29 bits per heavy atom. The number of nitrogens with one attached hydrogen (secondary N) is 1. The van der Waals surface area contributed by atoms with Crippen LogP contribution in [0.2, 0.25) is 0 Å². The standard InChI is InChI=1S/C16H25N5O3/c1-5-20(6-2)9-7-8-17-13(22)10-21-16(23)15-14(11(3)18-21)12(4)24-19-15/h5-10H2,1-4H3,(H,17,22). The van der Waals surface area contributed by atoms with E-state index in [0.717, 1.165) is 30.7 Å². The molecule has 0 aliphatic rings. The third kappa shape index (κ3) is 4.00. The summed E-state index contributed by atoms with van der Waals surface area (Å²) in [6, 6.07) is 0. The number of aryl methyl sites for hydroxylation is 2. The Hall–Kier alpha value is -2.22. The van der Waals surface area contributed by atoms with Crippen molar-refractivity contribution in [1.29, 1.82) is 0 Å². The van der Waals surface area contributed by atoms with Crippen molar-refractivity contribution in [3.63, 3.8) is 0 Å². The number of rotatable bonds is 8. The van der Waals surface area contributed by atoms with Crippen LogP contribution in [0.3, 0.4) is 0 Å². The monoisotopic (exact) mass is 335 g/mol. The largest absolute Gasteiger partial charge is 0.360 e. The molecule has 0 aliphatic heterocycles. The van der Waals surface area contributed by atoms with Gasteiger partial charge in [0.15, 0.2) is 5.52 Å². The van der Waals surface area contributed by atoms with Crippen LogP contribution in [0.15, 0.2) is 9.32 Å². The lowest BCUT2D eigenvalue weighted by molar-refractivity contribution is -0.121. The average molecular weight is 335 g/mol. The molecule has 0 spiro atoms. The van der Waals surface area contributed by atoms with Crippen LogP contribution in [0.25, 0.3) is 10.9 Å². The van der Waals surface area contributed by atoms with Crippen LogP contribution in [0.1, 0.15) is 31.7 Å². The summed E-state index contributed by atoms with van der Waals surface area (Å²) in [7, 11) is 0. The van der Waals surface area contributed by atoms with Gasteiger partial charge in [0.25, 0.3) is 5.56 Å². The second-order valence-electron chi connectivity index (χ2n) is 5.74. The van der Waals surface area contributed by atoms with Crippen LogP contribution < -0.4 is 10.9 Å². The SMILES string of the molecule is CCN(CC)CCCNC(=O)Cn1nc(C)c2c(C)onc2c1=O. The van der Waals surface area contributed by atoms with Crippen molar-refractivity contribution in [1.82, 2.24) is 25.2 Å². The molecular formula is C16H25N5O3. The highest BCUT2D eigenvalue weighted by Crippen LogP contribution is 2.16. The van der Waals surface area contributed by atoms with E-state index in [9.17, 15) is 9.59 Å². The van der Waals surface area contributed by atoms with Gasteiger partial charge in [-0.25, -0.2) is 4.68 Å². The molecule has 24 heavy (non-hydrogen) atoms. The van der Waals surface area contributed by atoms with Crippen molar-refractivity contribution >= 4 is 16.8 Å². The van der Waals surface area contributed by atoms with Gasteiger partial charge < -0.3 is 14.7 Å². The van der Waals surface area contributed by atoms with Crippen LogP contribution >= 0.6 is 0 Å². The van der Waals surface area contributed by atoms with Crippen molar-refractivity contribution < 1.29 is 9.32 Å². The van der Waals surface area contributed by atoms with Crippen LogP contribution in [-0.4, -0.2) is 51.9 Å². The maximum atomic E-state index is 12.3. The zero-order valence-electron chi connectivity index (χ0n) is 14.8. The summed E-state index contributed by atoms with van der Waals surface area (Å²) in [6.07, 6.45) is 0.871. The molecule has 0 radical (unpaired) electrons. The first kappa shape index (κ1) is 18.1. The lowest BCUT2D eigenvalue weighted by atomic mass is 10.2. The van der Waals surface area contributed by atoms with E-state index in [1.165, 1.54) is 0 Å². The van der Waals surface area contributed by atoms with Crippen LogP contribution in [0.4, 0.5) is 0 Å². The second kappa shape index (κ2) is 8.05. The minimum Gasteiger partial charge on any atom is -0.360 e. The first-order valence-electron chi connectivity index (χ1n) is 8.30. The molecule has 0 fully saturated rings. The summed E-state index contributed by atoms with van der Waals surface area (Å²) in [6.45, 7) is 11.1. The van der Waals surface area contributed by atoms with Crippen molar-refractivity contribution in [3.8, 4) is 0 Å². The van der Waals surface area contributed by atoms with Gasteiger partial charge in [0.1, 0.15) is 12.3 Å². The van der Waals surface area contributed by atoms with Crippen LogP contribution in [0.5, 0.6) is 0 Å².